The Hall–Kier alpha value is -2.33. The van der Waals surface area contributed by atoms with E-state index in [9.17, 15) is 9.90 Å². The minimum atomic E-state index is -1.01. The maximum atomic E-state index is 11.3. The molecule has 0 saturated heterocycles. The number of carboxylic acid groups (broad SMARTS) is 1. The van der Waals surface area contributed by atoms with E-state index in [0.717, 1.165) is 22.4 Å². The van der Waals surface area contributed by atoms with E-state index in [-0.39, 0.29) is 0 Å². The van der Waals surface area contributed by atoms with Gasteiger partial charge in [-0.2, -0.15) is 0 Å². The van der Waals surface area contributed by atoms with Gasteiger partial charge in [0, 0.05) is 7.11 Å². The molecular formula is C18H20O4. The lowest BCUT2D eigenvalue weighted by Gasteiger charge is -2.16. The highest BCUT2D eigenvalue weighted by Crippen LogP contribution is 2.25. The molecule has 22 heavy (non-hydrogen) atoms. The van der Waals surface area contributed by atoms with Gasteiger partial charge in [0.2, 0.25) is 0 Å². The minimum absolute atomic E-state index is 0.299. The Morgan fingerprint density at radius 2 is 1.91 bits per heavy atom. The van der Waals surface area contributed by atoms with Gasteiger partial charge in [-0.3, -0.25) is 0 Å². The highest BCUT2D eigenvalue weighted by atomic mass is 16.5. The summed E-state index contributed by atoms with van der Waals surface area (Å²) in [7, 11) is 1.39. The SMILES string of the molecule is COC(C(=O)O)c1ccccc1COc1cc(C)ccc1C. The number of methoxy groups -OCH3 is 1. The average Bonchev–Trinajstić information content (AvgIpc) is 2.50. The van der Waals surface area contributed by atoms with E-state index in [1.807, 2.05) is 44.2 Å². The minimum Gasteiger partial charge on any atom is -0.489 e. The third kappa shape index (κ3) is 3.65. The van der Waals surface area contributed by atoms with Gasteiger partial charge in [-0.15, -0.1) is 0 Å². The zero-order valence-electron chi connectivity index (χ0n) is 13.0. The Morgan fingerprint density at radius 3 is 2.59 bits per heavy atom. The molecule has 0 aliphatic rings. The maximum absolute atomic E-state index is 11.3. The van der Waals surface area contributed by atoms with Gasteiger partial charge < -0.3 is 14.6 Å². The Balaban J connectivity index is 2.23. The molecular weight excluding hydrogens is 280 g/mol. The van der Waals surface area contributed by atoms with Gasteiger partial charge in [-0.1, -0.05) is 36.4 Å². The predicted molar refractivity (Wildman–Crippen MR) is 84.1 cm³/mol. The number of ether oxygens (including phenoxy) is 2. The number of carbonyl (C=O) groups is 1. The molecule has 0 radical (unpaired) electrons. The molecule has 0 aromatic heterocycles. The number of rotatable bonds is 6. The van der Waals surface area contributed by atoms with Crippen LogP contribution in [0.5, 0.6) is 5.75 Å². The number of hydrogen-bond acceptors (Lipinski definition) is 3. The summed E-state index contributed by atoms with van der Waals surface area (Å²) in [5.41, 5.74) is 3.58. The van der Waals surface area contributed by atoms with Gasteiger partial charge in [-0.25, -0.2) is 4.79 Å². The second-order valence-electron chi connectivity index (χ2n) is 5.21. The maximum Gasteiger partial charge on any atom is 0.337 e. The molecule has 4 heteroatoms. The summed E-state index contributed by atoms with van der Waals surface area (Å²) >= 11 is 0. The van der Waals surface area contributed by atoms with Gasteiger partial charge in [0.05, 0.1) is 0 Å². The van der Waals surface area contributed by atoms with Crippen molar-refractivity contribution in [2.24, 2.45) is 0 Å². The summed E-state index contributed by atoms with van der Waals surface area (Å²) in [5.74, 6) is -0.208. The summed E-state index contributed by atoms with van der Waals surface area (Å²) < 4.78 is 10.9. The molecule has 0 aliphatic carbocycles. The Bertz CT molecular complexity index is 664. The zero-order valence-corrected chi connectivity index (χ0v) is 13.0. The molecule has 1 N–H and O–H groups in total. The van der Waals surface area contributed by atoms with Crippen molar-refractivity contribution < 1.29 is 19.4 Å². The lowest BCUT2D eigenvalue weighted by atomic mass is 10.0. The molecule has 0 fully saturated rings. The molecule has 0 saturated carbocycles. The second kappa shape index (κ2) is 7.09. The topological polar surface area (TPSA) is 55.8 Å². The van der Waals surface area contributed by atoms with Gasteiger partial charge in [0.15, 0.2) is 6.10 Å². The van der Waals surface area contributed by atoms with Crippen molar-refractivity contribution in [3.05, 3.63) is 64.7 Å². The number of benzene rings is 2. The van der Waals surface area contributed by atoms with Crippen molar-refractivity contribution in [2.45, 2.75) is 26.6 Å². The lowest BCUT2D eigenvalue weighted by Crippen LogP contribution is -2.16. The van der Waals surface area contributed by atoms with Crippen molar-refractivity contribution in [3.8, 4) is 5.75 Å². The normalized spacial score (nSPS) is 12.0. The summed E-state index contributed by atoms with van der Waals surface area (Å²) in [6, 6.07) is 13.3. The van der Waals surface area contributed by atoms with E-state index in [2.05, 4.69) is 0 Å². The van der Waals surface area contributed by atoms with Gasteiger partial charge in [0.25, 0.3) is 0 Å². The van der Waals surface area contributed by atoms with Crippen LogP contribution in [0.3, 0.4) is 0 Å². The quantitative estimate of drug-likeness (QED) is 0.884. The molecule has 1 atom stereocenters. The summed E-state index contributed by atoms with van der Waals surface area (Å²) in [4.78, 5) is 11.3. The standard InChI is InChI=1S/C18H20O4/c1-12-8-9-13(2)16(10-12)22-11-14-6-4-5-7-15(14)17(21-3)18(19)20/h4-10,17H,11H2,1-3H3,(H,19,20). The van der Waals surface area contributed by atoms with Crippen LogP contribution >= 0.6 is 0 Å². The fourth-order valence-electron chi connectivity index (χ4n) is 2.30. The van der Waals surface area contributed by atoms with Crippen LogP contribution in [-0.4, -0.2) is 18.2 Å². The van der Waals surface area contributed by atoms with Crippen molar-refractivity contribution in [1.82, 2.24) is 0 Å². The molecule has 2 rings (SSSR count). The lowest BCUT2D eigenvalue weighted by molar-refractivity contribution is -0.148. The molecule has 4 nitrogen and oxygen atoms in total. The Labute approximate surface area is 130 Å². The first kappa shape index (κ1) is 16.0. The van der Waals surface area contributed by atoms with Crippen molar-refractivity contribution in [1.29, 1.82) is 0 Å². The zero-order chi connectivity index (χ0) is 16.1. The highest BCUT2D eigenvalue weighted by Gasteiger charge is 2.21. The largest absolute Gasteiger partial charge is 0.489 e. The van der Waals surface area contributed by atoms with Gasteiger partial charge in [-0.05, 0) is 42.2 Å². The van der Waals surface area contributed by atoms with Crippen LogP contribution < -0.4 is 4.74 Å². The third-order valence-electron chi connectivity index (χ3n) is 3.52. The van der Waals surface area contributed by atoms with E-state index in [0.29, 0.717) is 12.2 Å². The molecule has 0 aliphatic heterocycles. The van der Waals surface area contributed by atoms with Crippen molar-refractivity contribution in [2.75, 3.05) is 7.11 Å². The van der Waals surface area contributed by atoms with Crippen LogP contribution in [0.4, 0.5) is 0 Å². The first-order chi connectivity index (χ1) is 10.5. The molecule has 0 amide bonds. The van der Waals surface area contributed by atoms with Crippen LogP contribution in [0, 0.1) is 13.8 Å². The first-order valence-electron chi connectivity index (χ1n) is 7.06. The molecule has 0 spiro atoms. The monoisotopic (exact) mass is 300 g/mol. The molecule has 1 unspecified atom stereocenters. The van der Waals surface area contributed by atoms with Crippen LogP contribution in [0.25, 0.3) is 0 Å². The molecule has 0 heterocycles. The van der Waals surface area contributed by atoms with Gasteiger partial charge in [0.1, 0.15) is 12.4 Å². The van der Waals surface area contributed by atoms with Gasteiger partial charge >= 0.3 is 5.97 Å². The number of aryl methyl sites for hydroxylation is 2. The van der Waals surface area contributed by atoms with Crippen molar-refractivity contribution in [3.63, 3.8) is 0 Å². The Kier molecular flexibility index (Phi) is 5.17. The Morgan fingerprint density at radius 1 is 1.18 bits per heavy atom. The highest BCUT2D eigenvalue weighted by molar-refractivity contribution is 5.75. The van der Waals surface area contributed by atoms with E-state index < -0.39 is 12.1 Å². The molecule has 116 valence electrons. The fourth-order valence-corrected chi connectivity index (χ4v) is 2.30. The second-order valence-corrected chi connectivity index (χ2v) is 5.21. The number of aliphatic carboxylic acids is 1. The van der Waals surface area contributed by atoms with E-state index in [4.69, 9.17) is 9.47 Å². The third-order valence-corrected chi connectivity index (χ3v) is 3.52. The summed E-state index contributed by atoms with van der Waals surface area (Å²) in [5, 5.41) is 9.25. The smallest absolute Gasteiger partial charge is 0.337 e. The average molecular weight is 300 g/mol. The molecule has 2 aromatic carbocycles. The van der Waals surface area contributed by atoms with Crippen molar-refractivity contribution >= 4 is 5.97 Å². The van der Waals surface area contributed by atoms with E-state index in [1.165, 1.54) is 7.11 Å². The summed E-state index contributed by atoms with van der Waals surface area (Å²) in [6.07, 6.45) is -0.988. The fraction of sp³-hybridized carbons (Fsp3) is 0.278. The van der Waals surface area contributed by atoms with Crippen LogP contribution in [0.15, 0.2) is 42.5 Å². The van der Waals surface area contributed by atoms with E-state index >= 15 is 0 Å². The summed E-state index contributed by atoms with van der Waals surface area (Å²) in [6.45, 7) is 4.29. The van der Waals surface area contributed by atoms with Crippen LogP contribution in [0.2, 0.25) is 0 Å². The van der Waals surface area contributed by atoms with E-state index in [1.54, 1.807) is 12.1 Å². The molecule has 0 bridgehead atoms. The first-order valence-corrected chi connectivity index (χ1v) is 7.06. The molecule has 2 aromatic rings. The van der Waals surface area contributed by atoms with Crippen LogP contribution in [0.1, 0.15) is 28.4 Å². The van der Waals surface area contributed by atoms with Crippen LogP contribution in [-0.2, 0) is 16.1 Å². The number of carboxylic acids is 1. The number of hydrogen-bond donors (Lipinski definition) is 1. The predicted octanol–water partition coefficient (Wildman–Crippen LogP) is 3.65.